The highest BCUT2D eigenvalue weighted by Crippen LogP contribution is 2.67. The molecule has 7 atom stereocenters. The second-order valence-corrected chi connectivity index (χ2v) is 10.0. The Morgan fingerprint density at radius 3 is 2.70 bits per heavy atom. The number of aliphatic hydroxyl groups is 2. The normalized spacial score (nSPS) is 44.6. The number of carbonyl (C=O) groups excluding carboxylic acids is 3. The summed E-state index contributed by atoms with van der Waals surface area (Å²) >= 11 is 0. The van der Waals surface area contributed by atoms with E-state index in [1.165, 1.54) is 0 Å². The zero-order chi connectivity index (χ0) is 21.9. The van der Waals surface area contributed by atoms with Crippen LogP contribution in [0.4, 0.5) is 0 Å². The minimum Gasteiger partial charge on any atom is -0.458 e. The Morgan fingerprint density at radius 1 is 1.27 bits per heavy atom. The van der Waals surface area contributed by atoms with E-state index in [1.807, 2.05) is 13.0 Å². The smallest absolute Gasteiger partial charge is 0.305 e. The van der Waals surface area contributed by atoms with Crippen LogP contribution in [-0.4, -0.2) is 46.1 Å². The topological polar surface area (TPSA) is 101 Å². The molecule has 0 aromatic rings. The third kappa shape index (κ3) is 2.87. The number of allylic oxidation sites excluding steroid dienone is 4. The van der Waals surface area contributed by atoms with Crippen molar-refractivity contribution in [3.05, 3.63) is 23.8 Å². The number of fused-ring (bicyclic) bond motifs is 5. The Bertz CT molecular complexity index is 843. The van der Waals surface area contributed by atoms with Crippen LogP contribution in [0.5, 0.6) is 0 Å². The largest absolute Gasteiger partial charge is 0.458 e. The molecule has 0 aromatic heterocycles. The van der Waals surface area contributed by atoms with Gasteiger partial charge in [0, 0.05) is 23.2 Å². The summed E-state index contributed by atoms with van der Waals surface area (Å²) in [5.74, 6) is -0.738. The summed E-state index contributed by atoms with van der Waals surface area (Å²) in [5.41, 5.74) is -1.67. The molecule has 0 bridgehead atoms. The summed E-state index contributed by atoms with van der Waals surface area (Å²) in [4.78, 5) is 36.4. The minimum atomic E-state index is -1.60. The molecule has 3 fully saturated rings. The molecule has 0 aliphatic heterocycles. The van der Waals surface area contributed by atoms with Crippen LogP contribution in [0, 0.1) is 28.6 Å². The molecule has 2 N–H and O–H groups in total. The molecule has 0 amide bonds. The summed E-state index contributed by atoms with van der Waals surface area (Å²) in [6.45, 7) is 5.25. The van der Waals surface area contributed by atoms with E-state index in [1.54, 1.807) is 19.1 Å². The van der Waals surface area contributed by atoms with Crippen LogP contribution in [0.1, 0.15) is 59.3 Å². The number of esters is 1. The van der Waals surface area contributed by atoms with Crippen molar-refractivity contribution in [1.82, 2.24) is 0 Å². The van der Waals surface area contributed by atoms with Gasteiger partial charge in [0.1, 0.15) is 5.60 Å². The molecule has 0 saturated heterocycles. The number of ketones is 2. The fourth-order valence-corrected chi connectivity index (χ4v) is 7.16. The van der Waals surface area contributed by atoms with Crippen molar-refractivity contribution in [3.63, 3.8) is 0 Å². The Hall–Kier alpha value is -1.79. The summed E-state index contributed by atoms with van der Waals surface area (Å²) in [7, 11) is 0. The summed E-state index contributed by atoms with van der Waals surface area (Å²) in [5, 5.41) is 22.8. The summed E-state index contributed by atoms with van der Waals surface area (Å²) in [6, 6.07) is 0. The minimum absolute atomic E-state index is 0.00136. The SMILES string of the molecule is CCC(=O)OCC(=O)[C@@]1(O)CCC2C3CCC4=CC(=O)C=C[C@]4(C)C3C(O)C[C@@]21C. The lowest BCUT2D eigenvalue weighted by atomic mass is 9.46. The van der Waals surface area contributed by atoms with E-state index in [-0.39, 0.29) is 35.4 Å². The maximum Gasteiger partial charge on any atom is 0.305 e. The van der Waals surface area contributed by atoms with E-state index in [9.17, 15) is 24.6 Å². The average molecular weight is 417 g/mol. The maximum atomic E-state index is 13.0. The van der Waals surface area contributed by atoms with Crippen molar-refractivity contribution < 1.29 is 29.3 Å². The van der Waals surface area contributed by atoms with Gasteiger partial charge in [0.2, 0.25) is 5.78 Å². The molecule has 0 heterocycles. The van der Waals surface area contributed by atoms with Gasteiger partial charge in [0.05, 0.1) is 6.10 Å². The van der Waals surface area contributed by atoms with Gasteiger partial charge in [0.25, 0.3) is 0 Å². The molecular formula is C24H32O6. The number of hydrogen-bond acceptors (Lipinski definition) is 6. The van der Waals surface area contributed by atoms with Gasteiger partial charge in [0.15, 0.2) is 12.4 Å². The first-order chi connectivity index (χ1) is 14.1. The average Bonchev–Trinajstić information content (AvgIpc) is 2.97. The van der Waals surface area contributed by atoms with Crippen LogP contribution in [0.2, 0.25) is 0 Å². The first-order valence-electron chi connectivity index (χ1n) is 11.1. The molecule has 0 radical (unpaired) electrons. The molecule has 164 valence electrons. The molecule has 4 unspecified atom stereocenters. The Kier molecular flexibility index (Phi) is 5.09. The van der Waals surface area contributed by atoms with E-state index in [0.717, 1.165) is 18.4 Å². The third-order valence-corrected chi connectivity index (χ3v) is 8.76. The predicted octanol–water partition coefficient (Wildman–Crippen LogP) is 2.52. The third-order valence-electron chi connectivity index (χ3n) is 8.76. The monoisotopic (exact) mass is 416 g/mol. The van der Waals surface area contributed by atoms with Crippen molar-refractivity contribution >= 4 is 17.5 Å². The second-order valence-electron chi connectivity index (χ2n) is 10.0. The Balaban J connectivity index is 1.63. The number of ether oxygens (including phenoxy) is 1. The quantitative estimate of drug-likeness (QED) is 0.683. The molecule has 4 aliphatic carbocycles. The lowest BCUT2D eigenvalue weighted by molar-refractivity contribution is -0.181. The summed E-state index contributed by atoms with van der Waals surface area (Å²) < 4.78 is 5.03. The highest BCUT2D eigenvalue weighted by molar-refractivity contribution is 6.01. The zero-order valence-electron chi connectivity index (χ0n) is 18.0. The van der Waals surface area contributed by atoms with Gasteiger partial charge in [-0.1, -0.05) is 32.4 Å². The van der Waals surface area contributed by atoms with E-state index in [2.05, 4.69) is 6.92 Å². The lowest BCUT2D eigenvalue weighted by Crippen LogP contribution is -2.61. The van der Waals surface area contributed by atoms with Crippen LogP contribution in [0.25, 0.3) is 0 Å². The zero-order valence-corrected chi connectivity index (χ0v) is 18.0. The van der Waals surface area contributed by atoms with Gasteiger partial charge < -0.3 is 14.9 Å². The van der Waals surface area contributed by atoms with Crippen LogP contribution < -0.4 is 0 Å². The van der Waals surface area contributed by atoms with Gasteiger partial charge in [-0.05, 0) is 56.1 Å². The molecule has 4 aliphatic rings. The van der Waals surface area contributed by atoms with Gasteiger partial charge >= 0.3 is 5.97 Å². The molecule has 0 spiro atoms. The number of aliphatic hydroxyl groups excluding tert-OH is 1. The standard InChI is InChI=1S/C24H32O6/c1-4-20(28)30-13-19(27)24(29)10-8-17-16-6-5-14-11-15(25)7-9-22(14,2)21(16)18(26)12-23(17,24)3/h7,9,11,16-18,21,26,29H,4-6,8,10,12-13H2,1-3H3/t16?,17?,18?,21?,22-,23-,24-/m0/s1. The lowest BCUT2D eigenvalue weighted by Gasteiger charge is -2.59. The van der Waals surface area contributed by atoms with Gasteiger partial charge in [-0.15, -0.1) is 0 Å². The number of rotatable bonds is 4. The van der Waals surface area contributed by atoms with Crippen molar-refractivity contribution in [2.24, 2.45) is 28.6 Å². The second kappa shape index (κ2) is 7.13. The maximum absolute atomic E-state index is 13.0. The van der Waals surface area contributed by atoms with Gasteiger partial charge in [-0.25, -0.2) is 0 Å². The first kappa shape index (κ1) is 21.4. The molecule has 6 heteroatoms. The first-order valence-corrected chi connectivity index (χ1v) is 11.1. The number of hydrogen-bond donors (Lipinski definition) is 2. The Labute approximate surface area is 177 Å². The highest BCUT2D eigenvalue weighted by atomic mass is 16.5. The fourth-order valence-electron chi connectivity index (χ4n) is 7.16. The number of Topliss-reactive ketones (excluding diaryl/α,β-unsaturated/α-hetero) is 1. The van der Waals surface area contributed by atoms with Crippen LogP contribution in [-0.2, 0) is 19.1 Å². The molecular weight excluding hydrogens is 384 g/mol. The molecule has 0 aromatic carbocycles. The van der Waals surface area contributed by atoms with E-state index in [4.69, 9.17) is 4.74 Å². The van der Waals surface area contributed by atoms with E-state index in [0.29, 0.717) is 19.3 Å². The molecule has 3 saturated carbocycles. The van der Waals surface area contributed by atoms with Gasteiger partial charge in [-0.3, -0.25) is 14.4 Å². The predicted molar refractivity (Wildman–Crippen MR) is 109 cm³/mol. The van der Waals surface area contributed by atoms with Crippen molar-refractivity contribution in [2.75, 3.05) is 6.61 Å². The molecule has 4 rings (SSSR count). The van der Waals surface area contributed by atoms with E-state index >= 15 is 0 Å². The van der Waals surface area contributed by atoms with Crippen LogP contribution >= 0.6 is 0 Å². The molecule has 6 nitrogen and oxygen atoms in total. The van der Waals surface area contributed by atoms with Crippen molar-refractivity contribution in [2.45, 2.75) is 71.0 Å². The van der Waals surface area contributed by atoms with Crippen LogP contribution in [0.3, 0.4) is 0 Å². The fraction of sp³-hybridized carbons (Fsp3) is 0.708. The van der Waals surface area contributed by atoms with Gasteiger partial charge in [-0.2, -0.15) is 0 Å². The van der Waals surface area contributed by atoms with E-state index < -0.39 is 35.5 Å². The van der Waals surface area contributed by atoms with Crippen LogP contribution in [0.15, 0.2) is 23.8 Å². The van der Waals surface area contributed by atoms with Crippen molar-refractivity contribution in [3.8, 4) is 0 Å². The van der Waals surface area contributed by atoms with Crippen molar-refractivity contribution in [1.29, 1.82) is 0 Å². The highest BCUT2D eigenvalue weighted by Gasteiger charge is 2.68. The Morgan fingerprint density at radius 2 is 2.00 bits per heavy atom. The number of carbonyl (C=O) groups is 3. The summed E-state index contributed by atoms with van der Waals surface area (Å²) in [6.07, 6.45) is 7.70. The molecule has 30 heavy (non-hydrogen) atoms.